The SMILES string of the molecule is CC[C@@H](c1ccccc1)N(Cc1ccc(CC(=O)OC)cc1)C(=O)c1ccc(Cl)cc1. The fraction of sp³-hybridized carbons (Fsp3) is 0.231. The Morgan fingerprint density at radius 1 is 0.903 bits per heavy atom. The molecule has 0 N–H and O–H groups in total. The lowest BCUT2D eigenvalue weighted by Gasteiger charge is -2.32. The molecule has 4 nitrogen and oxygen atoms in total. The van der Waals surface area contributed by atoms with Crippen molar-refractivity contribution in [3.8, 4) is 0 Å². The summed E-state index contributed by atoms with van der Waals surface area (Å²) in [6, 6.07) is 24.7. The molecule has 0 aliphatic carbocycles. The molecule has 5 heteroatoms. The van der Waals surface area contributed by atoms with Crippen molar-refractivity contribution in [2.24, 2.45) is 0 Å². The zero-order valence-corrected chi connectivity index (χ0v) is 18.5. The van der Waals surface area contributed by atoms with Gasteiger partial charge in [0, 0.05) is 17.1 Å². The maximum absolute atomic E-state index is 13.5. The molecule has 1 amide bonds. The van der Waals surface area contributed by atoms with Gasteiger partial charge in [0.05, 0.1) is 19.6 Å². The van der Waals surface area contributed by atoms with Crippen LogP contribution in [-0.4, -0.2) is 23.9 Å². The first kappa shape index (κ1) is 22.6. The number of carbonyl (C=O) groups excluding carboxylic acids is 2. The number of hydrogen-bond donors (Lipinski definition) is 0. The van der Waals surface area contributed by atoms with Crippen molar-refractivity contribution in [2.45, 2.75) is 32.4 Å². The van der Waals surface area contributed by atoms with Crippen LogP contribution in [0.3, 0.4) is 0 Å². The van der Waals surface area contributed by atoms with E-state index in [0.29, 0.717) is 17.1 Å². The highest BCUT2D eigenvalue weighted by molar-refractivity contribution is 6.30. The number of esters is 1. The Morgan fingerprint density at radius 2 is 1.52 bits per heavy atom. The highest BCUT2D eigenvalue weighted by atomic mass is 35.5. The summed E-state index contributed by atoms with van der Waals surface area (Å²) in [5.74, 6) is -0.326. The van der Waals surface area contributed by atoms with E-state index in [-0.39, 0.29) is 24.3 Å². The molecule has 0 aromatic heterocycles. The Balaban J connectivity index is 1.90. The van der Waals surface area contributed by atoms with Crippen LogP contribution in [0.25, 0.3) is 0 Å². The van der Waals surface area contributed by atoms with Gasteiger partial charge in [0.25, 0.3) is 5.91 Å². The topological polar surface area (TPSA) is 46.6 Å². The van der Waals surface area contributed by atoms with Gasteiger partial charge in [0.2, 0.25) is 0 Å². The van der Waals surface area contributed by atoms with Crippen molar-refractivity contribution >= 4 is 23.5 Å². The Hall–Kier alpha value is -3.11. The van der Waals surface area contributed by atoms with Crippen molar-refractivity contribution < 1.29 is 14.3 Å². The third-order valence-corrected chi connectivity index (χ3v) is 5.50. The molecule has 0 fully saturated rings. The number of amides is 1. The van der Waals surface area contributed by atoms with Gasteiger partial charge in [-0.25, -0.2) is 0 Å². The third-order valence-electron chi connectivity index (χ3n) is 5.25. The highest BCUT2D eigenvalue weighted by Gasteiger charge is 2.25. The van der Waals surface area contributed by atoms with E-state index in [1.165, 1.54) is 7.11 Å². The molecule has 31 heavy (non-hydrogen) atoms. The Bertz CT molecular complexity index is 1000. The summed E-state index contributed by atoms with van der Waals surface area (Å²) in [5, 5.41) is 0.597. The second kappa shape index (κ2) is 10.8. The number of ether oxygens (including phenoxy) is 1. The van der Waals surface area contributed by atoms with Crippen LogP contribution < -0.4 is 0 Å². The van der Waals surface area contributed by atoms with Crippen molar-refractivity contribution in [3.05, 3.63) is 106 Å². The minimum atomic E-state index is -0.276. The molecule has 0 heterocycles. The zero-order valence-electron chi connectivity index (χ0n) is 17.8. The number of benzene rings is 3. The van der Waals surface area contributed by atoms with Crippen LogP contribution in [0.15, 0.2) is 78.9 Å². The van der Waals surface area contributed by atoms with Crippen molar-refractivity contribution in [2.75, 3.05) is 7.11 Å². The van der Waals surface area contributed by atoms with E-state index in [2.05, 4.69) is 19.1 Å². The van der Waals surface area contributed by atoms with Gasteiger partial charge in [-0.2, -0.15) is 0 Å². The normalized spacial score (nSPS) is 11.6. The second-order valence-corrected chi connectivity index (χ2v) is 7.78. The number of methoxy groups -OCH3 is 1. The molecule has 0 aliphatic heterocycles. The summed E-state index contributed by atoms with van der Waals surface area (Å²) in [7, 11) is 1.38. The first-order valence-corrected chi connectivity index (χ1v) is 10.7. The molecular formula is C26H26ClNO3. The summed E-state index contributed by atoms with van der Waals surface area (Å²) in [6.07, 6.45) is 1.01. The summed E-state index contributed by atoms with van der Waals surface area (Å²) in [4.78, 5) is 26.9. The van der Waals surface area contributed by atoms with Crippen LogP contribution in [0.4, 0.5) is 0 Å². The average molecular weight is 436 g/mol. The first-order valence-electron chi connectivity index (χ1n) is 10.3. The van der Waals surface area contributed by atoms with Crippen LogP contribution in [0.1, 0.15) is 46.4 Å². The lowest BCUT2D eigenvalue weighted by Crippen LogP contribution is -2.34. The fourth-order valence-electron chi connectivity index (χ4n) is 3.59. The van der Waals surface area contributed by atoms with Gasteiger partial charge in [-0.1, -0.05) is 73.1 Å². The molecule has 0 spiro atoms. The Morgan fingerprint density at radius 3 is 2.10 bits per heavy atom. The molecule has 3 rings (SSSR count). The number of nitrogens with zero attached hydrogens (tertiary/aromatic N) is 1. The molecule has 0 bridgehead atoms. The number of rotatable bonds is 8. The molecule has 0 saturated heterocycles. The minimum Gasteiger partial charge on any atom is -0.469 e. The third kappa shape index (κ3) is 5.96. The molecule has 0 saturated carbocycles. The molecule has 0 unspecified atom stereocenters. The summed E-state index contributed by atoms with van der Waals surface area (Å²) >= 11 is 6.01. The van der Waals surface area contributed by atoms with E-state index in [4.69, 9.17) is 16.3 Å². The van der Waals surface area contributed by atoms with Crippen molar-refractivity contribution in [1.29, 1.82) is 0 Å². The van der Waals surface area contributed by atoms with E-state index >= 15 is 0 Å². The van der Waals surface area contributed by atoms with Gasteiger partial charge in [0.1, 0.15) is 0 Å². The van der Waals surface area contributed by atoms with E-state index in [0.717, 1.165) is 23.1 Å². The van der Waals surface area contributed by atoms with Crippen molar-refractivity contribution in [3.63, 3.8) is 0 Å². The molecule has 0 aliphatic rings. The van der Waals surface area contributed by atoms with Crippen LogP contribution in [0, 0.1) is 0 Å². The standard InChI is InChI=1S/C26H26ClNO3/c1-3-24(21-7-5-4-6-8-21)28(26(30)22-13-15-23(27)16-14-22)18-20-11-9-19(10-12-20)17-25(29)31-2/h4-16,24H,3,17-18H2,1-2H3/t24-/m0/s1. The first-order chi connectivity index (χ1) is 15.0. The van der Waals surface area contributed by atoms with E-state index in [1.54, 1.807) is 24.3 Å². The molecule has 0 radical (unpaired) electrons. The summed E-state index contributed by atoms with van der Waals surface area (Å²) in [5.41, 5.74) is 3.56. The maximum Gasteiger partial charge on any atom is 0.309 e. The minimum absolute atomic E-state index is 0.0500. The van der Waals surface area contributed by atoms with Gasteiger partial charge in [-0.15, -0.1) is 0 Å². The lowest BCUT2D eigenvalue weighted by molar-refractivity contribution is -0.139. The van der Waals surface area contributed by atoms with Gasteiger partial charge in [-0.05, 0) is 47.4 Å². The van der Waals surface area contributed by atoms with E-state index in [1.807, 2.05) is 47.4 Å². The van der Waals surface area contributed by atoms with Crippen LogP contribution >= 0.6 is 11.6 Å². The highest BCUT2D eigenvalue weighted by Crippen LogP contribution is 2.28. The van der Waals surface area contributed by atoms with E-state index in [9.17, 15) is 9.59 Å². The smallest absolute Gasteiger partial charge is 0.309 e. The quantitative estimate of drug-likeness (QED) is 0.417. The van der Waals surface area contributed by atoms with Gasteiger partial charge in [0.15, 0.2) is 0 Å². The number of carbonyl (C=O) groups is 2. The summed E-state index contributed by atoms with van der Waals surface area (Å²) in [6.45, 7) is 2.53. The van der Waals surface area contributed by atoms with E-state index < -0.39 is 0 Å². The molecule has 1 atom stereocenters. The molecular weight excluding hydrogens is 410 g/mol. The van der Waals surface area contributed by atoms with Crippen LogP contribution in [0.2, 0.25) is 5.02 Å². The second-order valence-electron chi connectivity index (χ2n) is 7.34. The number of halogens is 1. The average Bonchev–Trinajstić information content (AvgIpc) is 2.80. The summed E-state index contributed by atoms with van der Waals surface area (Å²) < 4.78 is 4.73. The maximum atomic E-state index is 13.5. The predicted molar refractivity (Wildman–Crippen MR) is 123 cm³/mol. The van der Waals surface area contributed by atoms with Gasteiger partial charge >= 0.3 is 5.97 Å². The Kier molecular flexibility index (Phi) is 7.85. The molecule has 3 aromatic rings. The Labute approximate surface area is 188 Å². The largest absolute Gasteiger partial charge is 0.469 e. The van der Waals surface area contributed by atoms with Crippen LogP contribution in [0.5, 0.6) is 0 Å². The van der Waals surface area contributed by atoms with Crippen LogP contribution in [-0.2, 0) is 22.5 Å². The van der Waals surface area contributed by atoms with Gasteiger partial charge < -0.3 is 9.64 Å². The molecule has 160 valence electrons. The number of hydrogen-bond acceptors (Lipinski definition) is 3. The molecule has 3 aromatic carbocycles. The predicted octanol–water partition coefficient (Wildman–Crippen LogP) is 5.85. The zero-order chi connectivity index (χ0) is 22.2. The van der Waals surface area contributed by atoms with Gasteiger partial charge in [-0.3, -0.25) is 9.59 Å². The monoisotopic (exact) mass is 435 g/mol. The van der Waals surface area contributed by atoms with Crippen molar-refractivity contribution in [1.82, 2.24) is 4.90 Å². The lowest BCUT2D eigenvalue weighted by atomic mass is 10.00. The fourth-order valence-corrected chi connectivity index (χ4v) is 3.72.